The Balaban J connectivity index is 1.50. The van der Waals surface area contributed by atoms with E-state index in [1.54, 1.807) is 12.1 Å². The largest absolute Gasteiger partial charge is 0.494 e. The summed E-state index contributed by atoms with van der Waals surface area (Å²) in [4.78, 5) is 11.6. The Morgan fingerprint density at radius 1 is 0.957 bits per heavy atom. The third kappa shape index (κ3) is 6.82. The van der Waals surface area contributed by atoms with Crippen molar-refractivity contribution in [2.24, 2.45) is 0 Å². The first-order valence-corrected chi connectivity index (χ1v) is 7.68. The highest BCUT2D eigenvalue weighted by atomic mass is 19.1. The number of hydrogen-bond donors (Lipinski definition) is 2. The third-order valence-corrected chi connectivity index (χ3v) is 3.23. The summed E-state index contributed by atoms with van der Waals surface area (Å²) in [5, 5.41) is 5.61. The summed E-state index contributed by atoms with van der Waals surface area (Å²) >= 11 is 0. The maximum absolute atomic E-state index is 12.7. The number of halogens is 1. The smallest absolute Gasteiger partial charge is 0.315 e. The van der Waals surface area contributed by atoms with Crippen molar-refractivity contribution >= 4 is 6.03 Å². The minimum atomic E-state index is -0.275. The Kier molecular flexibility index (Phi) is 6.91. The molecule has 2 amide bonds. The van der Waals surface area contributed by atoms with Crippen molar-refractivity contribution in [2.45, 2.75) is 19.4 Å². The Hall–Kier alpha value is -2.56. The molecule has 0 bridgehead atoms. The standard InChI is InChI=1S/C18H21FN2O2/c19-16-8-10-17(11-9-16)23-13-5-4-12-20-18(22)21-14-15-6-2-1-3-7-15/h1-3,6-11H,4-5,12-14H2,(H2,20,21,22). The molecule has 0 aliphatic rings. The minimum absolute atomic E-state index is 0.173. The molecule has 122 valence electrons. The maximum Gasteiger partial charge on any atom is 0.315 e. The Morgan fingerprint density at radius 3 is 2.43 bits per heavy atom. The number of hydrogen-bond acceptors (Lipinski definition) is 2. The number of amides is 2. The van der Waals surface area contributed by atoms with Gasteiger partial charge in [-0.25, -0.2) is 9.18 Å². The second-order valence-electron chi connectivity index (χ2n) is 5.10. The zero-order valence-corrected chi connectivity index (χ0v) is 12.9. The summed E-state index contributed by atoms with van der Waals surface area (Å²) < 4.78 is 18.2. The molecule has 0 saturated carbocycles. The van der Waals surface area contributed by atoms with Gasteiger partial charge in [0.2, 0.25) is 0 Å². The summed E-state index contributed by atoms with van der Waals surface area (Å²) in [6, 6.07) is 15.5. The fraction of sp³-hybridized carbons (Fsp3) is 0.278. The van der Waals surface area contributed by atoms with Crippen molar-refractivity contribution < 1.29 is 13.9 Å². The van der Waals surface area contributed by atoms with Gasteiger partial charge in [0.05, 0.1) is 6.61 Å². The molecule has 2 N–H and O–H groups in total. The van der Waals surface area contributed by atoms with E-state index in [1.807, 2.05) is 30.3 Å². The number of nitrogens with one attached hydrogen (secondary N) is 2. The van der Waals surface area contributed by atoms with E-state index >= 15 is 0 Å². The van der Waals surface area contributed by atoms with Crippen LogP contribution in [0.3, 0.4) is 0 Å². The molecule has 2 aromatic carbocycles. The molecule has 0 saturated heterocycles. The highest BCUT2D eigenvalue weighted by molar-refractivity contribution is 5.73. The highest BCUT2D eigenvalue weighted by Gasteiger charge is 2.00. The summed E-state index contributed by atoms with van der Waals surface area (Å²) in [7, 11) is 0. The highest BCUT2D eigenvalue weighted by Crippen LogP contribution is 2.11. The van der Waals surface area contributed by atoms with E-state index in [4.69, 9.17) is 4.74 Å². The number of benzene rings is 2. The second kappa shape index (κ2) is 9.46. The van der Waals surface area contributed by atoms with Crippen LogP contribution in [0.2, 0.25) is 0 Å². The minimum Gasteiger partial charge on any atom is -0.494 e. The van der Waals surface area contributed by atoms with Gasteiger partial charge < -0.3 is 15.4 Å². The molecular weight excluding hydrogens is 295 g/mol. The van der Waals surface area contributed by atoms with Crippen LogP contribution in [0.5, 0.6) is 5.75 Å². The predicted octanol–water partition coefficient (Wildman–Crippen LogP) is 3.48. The molecule has 0 aliphatic heterocycles. The molecule has 5 heteroatoms. The SMILES string of the molecule is O=C(NCCCCOc1ccc(F)cc1)NCc1ccccc1. The molecule has 0 aromatic heterocycles. The lowest BCUT2D eigenvalue weighted by molar-refractivity contribution is 0.239. The molecule has 0 heterocycles. The van der Waals surface area contributed by atoms with E-state index in [2.05, 4.69) is 10.6 Å². The maximum atomic E-state index is 12.7. The van der Waals surface area contributed by atoms with E-state index in [0.29, 0.717) is 25.4 Å². The van der Waals surface area contributed by atoms with Crippen molar-refractivity contribution in [2.75, 3.05) is 13.2 Å². The summed E-state index contributed by atoms with van der Waals surface area (Å²) in [6.07, 6.45) is 1.64. The molecule has 0 fully saturated rings. The molecule has 2 rings (SSSR count). The van der Waals surface area contributed by atoms with E-state index in [0.717, 1.165) is 18.4 Å². The van der Waals surface area contributed by atoms with E-state index in [9.17, 15) is 9.18 Å². The Labute approximate surface area is 135 Å². The van der Waals surface area contributed by atoms with Crippen LogP contribution in [0.25, 0.3) is 0 Å². The zero-order valence-electron chi connectivity index (χ0n) is 12.9. The number of ether oxygens (including phenoxy) is 1. The number of urea groups is 1. The normalized spacial score (nSPS) is 10.1. The molecule has 0 radical (unpaired) electrons. The lowest BCUT2D eigenvalue weighted by Crippen LogP contribution is -2.35. The zero-order chi connectivity index (χ0) is 16.3. The van der Waals surface area contributed by atoms with Crippen molar-refractivity contribution in [3.63, 3.8) is 0 Å². The number of rotatable bonds is 8. The first kappa shape index (κ1) is 16.8. The van der Waals surface area contributed by atoms with Crippen LogP contribution in [-0.4, -0.2) is 19.2 Å². The number of unbranched alkanes of at least 4 members (excludes halogenated alkanes) is 1. The fourth-order valence-electron chi connectivity index (χ4n) is 1.99. The van der Waals surface area contributed by atoms with Crippen LogP contribution in [0.1, 0.15) is 18.4 Å². The quantitative estimate of drug-likeness (QED) is 0.733. The first-order valence-electron chi connectivity index (χ1n) is 7.68. The van der Waals surface area contributed by atoms with Gasteiger partial charge in [-0.2, -0.15) is 0 Å². The van der Waals surface area contributed by atoms with Crippen LogP contribution in [0.15, 0.2) is 54.6 Å². The molecule has 0 unspecified atom stereocenters. The fourth-order valence-corrected chi connectivity index (χ4v) is 1.99. The number of carbonyl (C=O) groups excluding carboxylic acids is 1. The van der Waals surface area contributed by atoms with Gasteiger partial charge in [0.15, 0.2) is 0 Å². The topological polar surface area (TPSA) is 50.4 Å². The Morgan fingerprint density at radius 2 is 1.70 bits per heavy atom. The van der Waals surface area contributed by atoms with Crippen LogP contribution in [0.4, 0.5) is 9.18 Å². The molecule has 4 nitrogen and oxygen atoms in total. The molecule has 0 aliphatic carbocycles. The van der Waals surface area contributed by atoms with E-state index < -0.39 is 0 Å². The Bertz CT molecular complexity index is 588. The van der Waals surface area contributed by atoms with Crippen molar-refractivity contribution in [1.82, 2.24) is 10.6 Å². The second-order valence-corrected chi connectivity index (χ2v) is 5.10. The van der Waals surface area contributed by atoms with Gasteiger partial charge in [-0.15, -0.1) is 0 Å². The van der Waals surface area contributed by atoms with Gasteiger partial charge in [0.25, 0.3) is 0 Å². The molecule has 0 atom stereocenters. The summed E-state index contributed by atoms with van der Waals surface area (Å²) in [6.45, 7) is 1.65. The van der Waals surface area contributed by atoms with Crippen molar-refractivity contribution in [3.8, 4) is 5.75 Å². The van der Waals surface area contributed by atoms with Crippen LogP contribution >= 0.6 is 0 Å². The first-order chi connectivity index (χ1) is 11.2. The van der Waals surface area contributed by atoms with Gasteiger partial charge in [0.1, 0.15) is 11.6 Å². The lowest BCUT2D eigenvalue weighted by atomic mass is 10.2. The van der Waals surface area contributed by atoms with E-state index in [-0.39, 0.29) is 11.8 Å². The summed E-state index contributed by atoms with van der Waals surface area (Å²) in [5.74, 6) is 0.378. The average Bonchev–Trinajstić information content (AvgIpc) is 2.58. The van der Waals surface area contributed by atoms with Gasteiger partial charge in [0, 0.05) is 13.1 Å². The summed E-state index contributed by atoms with van der Waals surface area (Å²) in [5.41, 5.74) is 1.07. The lowest BCUT2D eigenvalue weighted by Gasteiger charge is -2.08. The molecule has 23 heavy (non-hydrogen) atoms. The molecule has 0 spiro atoms. The van der Waals surface area contributed by atoms with Crippen LogP contribution in [0, 0.1) is 5.82 Å². The molecular formula is C18H21FN2O2. The van der Waals surface area contributed by atoms with Gasteiger partial charge in [-0.1, -0.05) is 30.3 Å². The van der Waals surface area contributed by atoms with Gasteiger partial charge >= 0.3 is 6.03 Å². The van der Waals surface area contributed by atoms with Gasteiger partial charge in [-0.05, 0) is 42.7 Å². The monoisotopic (exact) mass is 316 g/mol. The van der Waals surface area contributed by atoms with Crippen molar-refractivity contribution in [1.29, 1.82) is 0 Å². The average molecular weight is 316 g/mol. The predicted molar refractivity (Wildman–Crippen MR) is 87.8 cm³/mol. The van der Waals surface area contributed by atoms with Crippen LogP contribution in [-0.2, 0) is 6.54 Å². The van der Waals surface area contributed by atoms with Gasteiger partial charge in [-0.3, -0.25) is 0 Å². The van der Waals surface area contributed by atoms with Crippen LogP contribution < -0.4 is 15.4 Å². The van der Waals surface area contributed by atoms with E-state index in [1.165, 1.54) is 12.1 Å². The third-order valence-electron chi connectivity index (χ3n) is 3.23. The molecule has 2 aromatic rings. The van der Waals surface area contributed by atoms with Crippen molar-refractivity contribution in [3.05, 3.63) is 66.0 Å². The number of carbonyl (C=O) groups is 1.